The molecule has 17 heavy (non-hydrogen) atoms. The van der Waals surface area contributed by atoms with Gasteiger partial charge in [-0.15, -0.1) is 0 Å². The van der Waals surface area contributed by atoms with Crippen LogP contribution in [0.3, 0.4) is 0 Å². The number of benzene rings is 1. The lowest BCUT2D eigenvalue weighted by Crippen LogP contribution is -2.42. The highest BCUT2D eigenvalue weighted by Crippen LogP contribution is 2.32. The van der Waals surface area contributed by atoms with Crippen molar-refractivity contribution < 1.29 is 14.3 Å². The highest BCUT2D eigenvalue weighted by Gasteiger charge is 2.27. The fourth-order valence-electron chi connectivity index (χ4n) is 2.06. The molecule has 0 saturated carbocycles. The minimum atomic E-state index is -0.282. The van der Waals surface area contributed by atoms with Gasteiger partial charge in [-0.3, -0.25) is 10.1 Å². The maximum absolute atomic E-state index is 11.5. The van der Waals surface area contributed by atoms with Crippen molar-refractivity contribution in [1.82, 2.24) is 5.32 Å². The SMILES string of the molecule is COC(=O)C1Cc2c(Br)ccc(OC)c2CN1. The highest BCUT2D eigenvalue weighted by atomic mass is 79.9. The van der Waals surface area contributed by atoms with Gasteiger partial charge in [0.05, 0.1) is 14.2 Å². The molecule has 0 fully saturated rings. The molecule has 0 bridgehead atoms. The number of hydrogen-bond donors (Lipinski definition) is 1. The second-order valence-electron chi connectivity index (χ2n) is 3.87. The van der Waals surface area contributed by atoms with Crippen LogP contribution in [-0.2, 0) is 22.5 Å². The molecule has 4 nitrogen and oxygen atoms in total. The lowest BCUT2D eigenvalue weighted by atomic mass is 9.95. The predicted molar refractivity (Wildman–Crippen MR) is 67.0 cm³/mol. The average molecular weight is 300 g/mol. The first-order valence-corrected chi connectivity index (χ1v) is 6.12. The molecule has 1 aromatic rings. The quantitative estimate of drug-likeness (QED) is 0.844. The van der Waals surface area contributed by atoms with Crippen molar-refractivity contribution in [2.24, 2.45) is 0 Å². The standard InChI is InChI=1S/C12H14BrNO3/c1-16-11-4-3-9(13)7-5-10(12(15)17-2)14-6-8(7)11/h3-4,10,14H,5-6H2,1-2H3. The number of hydrogen-bond acceptors (Lipinski definition) is 4. The van der Waals surface area contributed by atoms with Gasteiger partial charge in [-0.05, 0) is 17.7 Å². The van der Waals surface area contributed by atoms with E-state index >= 15 is 0 Å². The van der Waals surface area contributed by atoms with Crippen molar-refractivity contribution in [2.75, 3.05) is 14.2 Å². The number of fused-ring (bicyclic) bond motifs is 1. The van der Waals surface area contributed by atoms with Crippen LogP contribution < -0.4 is 10.1 Å². The molecule has 0 amide bonds. The summed E-state index contributed by atoms with van der Waals surface area (Å²) < 4.78 is 11.1. The molecule has 5 heteroatoms. The zero-order chi connectivity index (χ0) is 12.4. The number of ether oxygens (including phenoxy) is 2. The van der Waals surface area contributed by atoms with Crippen LogP contribution >= 0.6 is 15.9 Å². The summed E-state index contributed by atoms with van der Waals surface area (Å²) in [6, 6.07) is 3.58. The van der Waals surface area contributed by atoms with Crippen molar-refractivity contribution in [3.8, 4) is 5.75 Å². The summed E-state index contributed by atoms with van der Waals surface area (Å²) in [5.41, 5.74) is 2.21. The van der Waals surface area contributed by atoms with E-state index in [-0.39, 0.29) is 12.0 Å². The van der Waals surface area contributed by atoms with Crippen LogP contribution in [0.2, 0.25) is 0 Å². The van der Waals surface area contributed by atoms with E-state index in [9.17, 15) is 4.79 Å². The van der Waals surface area contributed by atoms with Gasteiger partial charge in [0.15, 0.2) is 0 Å². The van der Waals surface area contributed by atoms with E-state index in [1.165, 1.54) is 7.11 Å². The van der Waals surface area contributed by atoms with Crippen LogP contribution in [0.4, 0.5) is 0 Å². The van der Waals surface area contributed by atoms with Gasteiger partial charge in [0.1, 0.15) is 11.8 Å². The van der Waals surface area contributed by atoms with Gasteiger partial charge in [-0.25, -0.2) is 0 Å². The third kappa shape index (κ3) is 2.30. The van der Waals surface area contributed by atoms with Crippen LogP contribution in [0.1, 0.15) is 11.1 Å². The smallest absolute Gasteiger partial charge is 0.323 e. The predicted octanol–water partition coefficient (Wildman–Crippen LogP) is 1.64. The molecule has 0 aliphatic carbocycles. The van der Waals surface area contributed by atoms with Gasteiger partial charge in [0, 0.05) is 23.0 Å². The maximum atomic E-state index is 11.5. The first-order valence-electron chi connectivity index (χ1n) is 5.32. The lowest BCUT2D eigenvalue weighted by molar-refractivity contribution is -0.143. The Morgan fingerprint density at radius 1 is 1.41 bits per heavy atom. The molecule has 1 atom stereocenters. The molecule has 0 spiro atoms. The van der Waals surface area contributed by atoms with Gasteiger partial charge < -0.3 is 9.47 Å². The third-order valence-electron chi connectivity index (χ3n) is 2.97. The van der Waals surface area contributed by atoms with Crippen LogP contribution in [0.5, 0.6) is 5.75 Å². The fourth-order valence-corrected chi connectivity index (χ4v) is 2.59. The van der Waals surface area contributed by atoms with Gasteiger partial charge in [-0.1, -0.05) is 15.9 Å². The second kappa shape index (κ2) is 5.06. The van der Waals surface area contributed by atoms with Gasteiger partial charge in [0.25, 0.3) is 0 Å². The minimum Gasteiger partial charge on any atom is -0.496 e. The number of carbonyl (C=O) groups excluding carboxylic acids is 1. The molecule has 1 aliphatic rings. The van der Waals surface area contributed by atoms with Crippen molar-refractivity contribution in [3.05, 3.63) is 27.7 Å². The van der Waals surface area contributed by atoms with Crippen LogP contribution in [-0.4, -0.2) is 26.2 Å². The molecule has 1 aromatic carbocycles. The van der Waals surface area contributed by atoms with E-state index in [1.807, 2.05) is 12.1 Å². The zero-order valence-electron chi connectivity index (χ0n) is 9.75. The normalized spacial score (nSPS) is 18.4. The summed E-state index contributed by atoms with van der Waals surface area (Å²) in [7, 11) is 3.05. The molecule has 1 N–H and O–H groups in total. The summed E-state index contributed by atoms with van der Waals surface area (Å²) >= 11 is 3.51. The highest BCUT2D eigenvalue weighted by molar-refractivity contribution is 9.10. The summed E-state index contributed by atoms with van der Waals surface area (Å²) in [4.78, 5) is 11.5. The molecule has 0 radical (unpaired) electrons. The Morgan fingerprint density at radius 2 is 2.18 bits per heavy atom. The fraction of sp³-hybridized carbons (Fsp3) is 0.417. The maximum Gasteiger partial charge on any atom is 0.323 e. The Balaban J connectivity index is 2.34. The molecule has 1 aliphatic heterocycles. The molecular weight excluding hydrogens is 286 g/mol. The topological polar surface area (TPSA) is 47.6 Å². The molecular formula is C12H14BrNO3. The number of halogens is 1. The molecule has 0 saturated heterocycles. The Bertz CT molecular complexity index is 448. The lowest BCUT2D eigenvalue weighted by Gasteiger charge is -2.26. The number of esters is 1. The second-order valence-corrected chi connectivity index (χ2v) is 4.72. The Hall–Kier alpha value is -1.07. The van der Waals surface area contributed by atoms with E-state index in [2.05, 4.69) is 21.2 Å². The number of methoxy groups -OCH3 is 2. The van der Waals surface area contributed by atoms with E-state index in [0.29, 0.717) is 13.0 Å². The zero-order valence-corrected chi connectivity index (χ0v) is 11.3. The van der Waals surface area contributed by atoms with E-state index in [1.54, 1.807) is 7.11 Å². The molecule has 1 unspecified atom stereocenters. The monoisotopic (exact) mass is 299 g/mol. The summed E-state index contributed by atoms with van der Waals surface area (Å²) in [5, 5.41) is 3.15. The summed E-state index contributed by atoms with van der Waals surface area (Å²) in [5.74, 6) is 0.615. The van der Waals surface area contributed by atoms with E-state index in [0.717, 1.165) is 21.3 Å². The van der Waals surface area contributed by atoms with Crippen molar-refractivity contribution >= 4 is 21.9 Å². The molecule has 2 rings (SSSR count). The van der Waals surface area contributed by atoms with Gasteiger partial charge >= 0.3 is 5.97 Å². The average Bonchev–Trinajstić information content (AvgIpc) is 2.38. The number of rotatable bonds is 2. The van der Waals surface area contributed by atoms with Crippen LogP contribution in [0.15, 0.2) is 16.6 Å². The first kappa shape index (κ1) is 12.4. The van der Waals surface area contributed by atoms with Crippen LogP contribution in [0, 0.1) is 0 Å². The van der Waals surface area contributed by atoms with Crippen molar-refractivity contribution in [3.63, 3.8) is 0 Å². The number of carbonyl (C=O) groups is 1. The Kier molecular flexibility index (Phi) is 3.69. The third-order valence-corrected chi connectivity index (χ3v) is 3.71. The van der Waals surface area contributed by atoms with E-state index < -0.39 is 0 Å². The van der Waals surface area contributed by atoms with Gasteiger partial charge in [-0.2, -0.15) is 0 Å². The molecule has 0 aromatic heterocycles. The summed E-state index contributed by atoms with van der Waals surface area (Å²) in [6.07, 6.45) is 0.611. The molecule has 92 valence electrons. The molecule has 1 heterocycles. The van der Waals surface area contributed by atoms with Gasteiger partial charge in [0.2, 0.25) is 0 Å². The van der Waals surface area contributed by atoms with Crippen LogP contribution in [0.25, 0.3) is 0 Å². The van der Waals surface area contributed by atoms with Crippen molar-refractivity contribution in [2.45, 2.75) is 19.0 Å². The Morgan fingerprint density at radius 3 is 2.82 bits per heavy atom. The first-order chi connectivity index (χ1) is 8.17. The Labute approximate surface area is 108 Å². The van der Waals surface area contributed by atoms with E-state index in [4.69, 9.17) is 9.47 Å². The minimum absolute atomic E-state index is 0.231. The summed E-state index contributed by atoms with van der Waals surface area (Å²) in [6.45, 7) is 0.609. The van der Waals surface area contributed by atoms with Crippen molar-refractivity contribution in [1.29, 1.82) is 0 Å². The largest absolute Gasteiger partial charge is 0.496 e. The number of nitrogens with one attached hydrogen (secondary N) is 1.